The number of hydrogen-bond acceptors (Lipinski definition) is 6. The van der Waals surface area contributed by atoms with E-state index in [0.717, 1.165) is 40.7 Å². The highest BCUT2D eigenvalue weighted by atomic mass is 35.5. The van der Waals surface area contributed by atoms with Gasteiger partial charge in [0.25, 0.3) is 0 Å². The third kappa shape index (κ3) is 10.8. The summed E-state index contributed by atoms with van der Waals surface area (Å²) in [4.78, 5) is 15.8. The van der Waals surface area contributed by atoms with Crippen molar-refractivity contribution < 1.29 is 14.3 Å². The summed E-state index contributed by atoms with van der Waals surface area (Å²) in [5.41, 5.74) is 3.60. The quantitative estimate of drug-likeness (QED) is 0.247. The average Bonchev–Trinajstić information content (AvgIpc) is 3.59. The second-order valence-electron chi connectivity index (χ2n) is 9.37. The van der Waals surface area contributed by atoms with Gasteiger partial charge in [-0.05, 0) is 61.5 Å². The Kier molecular flexibility index (Phi) is 18.5. The van der Waals surface area contributed by atoms with Crippen LogP contribution in [-0.2, 0) is 9.47 Å². The van der Waals surface area contributed by atoms with E-state index in [1.807, 2.05) is 70.5 Å². The van der Waals surface area contributed by atoms with Crippen LogP contribution in [0.3, 0.4) is 0 Å². The summed E-state index contributed by atoms with van der Waals surface area (Å²) < 4.78 is 10.6. The van der Waals surface area contributed by atoms with E-state index in [1.165, 1.54) is 45.6 Å². The highest BCUT2D eigenvalue weighted by molar-refractivity contribution is 7.13. The van der Waals surface area contributed by atoms with E-state index in [-0.39, 0.29) is 5.60 Å². The van der Waals surface area contributed by atoms with Crippen molar-refractivity contribution in [3.05, 3.63) is 64.6 Å². The Morgan fingerprint density at radius 3 is 2.10 bits per heavy atom. The molecule has 5 nitrogen and oxygen atoms in total. The maximum atomic E-state index is 11.5. The lowest BCUT2D eigenvalue weighted by molar-refractivity contribution is -0.0834. The summed E-state index contributed by atoms with van der Waals surface area (Å²) >= 11 is 7.76. The molecule has 0 amide bonds. The molecule has 2 aromatic carbocycles. The lowest BCUT2D eigenvalue weighted by Gasteiger charge is -2.42. The summed E-state index contributed by atoms with van der Waals surface area (Å²) in [5, 5.41) is 6.76. The molecule has 2 heterocycles. The standard InChI is InChI=1S/C17H12ClNO2S.C13H27NO.2C2H6/c1-21-17(20)14-7-6-13(10-15(14)18)11-2-4-12(5-3-11)16-19-8-9-22-16;1-4-6-7-12(5-2)13(15-3)8-10-14-11-9-13;2*1-2/h2-10H,1H3;12,14H,4-11H2,1-3H3;2*1-2H3. The minimum Gasteiger partial charge on any atom is -0.465 e. The van der Waals surface area contributed by atoms with E-state index >= 15 is 0 Å². The minimum atomic E-state index is -0.435. The number of carbonyl (C=O) groups excluding carboxylic acids is 1. The van der Waals surface area contributed by atoms with E-state index in [4.69, 9.17) is 21.1 Å². The molecule has 3 aromatic rings. The first kappa shape index (κ1) is 36.8. The summed E-state index contributed by atoms with van der Waals surface area (Å²) in [7, 11) is 3.24. The summed E-state index contributed by atoms with van der Waals surface area (Å²) in [6.45, 7) is 14.8. The predicted molar refractivity (Wildman–Crippen MR) is 177 cm³/mol. The Labute approximate surface area is 258 Å². The molecule has 1 aromatic heterocycles. The van der Waals surface area contributed by atoms with Crippen LogP contribution in [0.25, 0.3) is 21.7 Å². The monoisotopic (exact) mass is 602 g/mol. The van der Waals surface area contributed by atoms with Gasteiger partial charge < -0.3 is 14.8 Å². The minimum absolute atomic E-state index is 0.176. The van der Waals surface area contributed by atoms with Gasteiger partial charge in [-0.2, -0.15) is 0 Å². The molecule has 228 valence electrons. The Balaban J connectivity index is 0.000000388. The van der Waals surface area contributed by atoms with Gasteiger partial charge in [0, 0.05) is 24.3 Å². The molecule has 1 saturated heterocycles. The molecule has 0 aliphatic carbocycles. The van der Waals surface area contributed by atoms with Crippen molar-refractivity contribution in [1.82, 2.24) is 10.3 Å². The first-order valence-electron chi connectivity index (χ1n) is 15.1. The summed E-state index contributed by atoms with van der Waals surface area (Å²) in [6.07, 6.45) is 9.40. The highest BCUT2D eigenvalue weighted by Gasteiger charge is 2.38. The maximum Gasteiger partial charge on any atom is 0.339 e. The van der Waals surface area contributed by atoms with Crippen LogP contribution in [0.1, 0.15) is 90.4 Å². The molecule has 0 bridgehead atoms. The fourth-order valence-corrected chi connectivity index (χ4v) is 5.96. The molecule has 1 N–H and O–H groups in total. The van der Waals surface area contributed by atoms with E-state index in [2.05, 4.69) is 24.1 Å². The van der Waals surface area contributed by atoms with Gasteiger partial charge in [-0.15, -0.1) is 11.3 Å². The van der Waals surface area contributed by atoms with Gasteiger partial charge in [-0.25, -0.2) is 9.78 Å². The molecular formula is C34H51ClN2O3S. The van der Waals surface area contributed by atoms with Crippen molar-refractivity contribution in [3.8, 4) is 21.7 Å². The van der Waals surface area contributed by atoms with Gasteiger partial charge in [0.15, 0.2) is 0 Å². The Hall–Kier alpha value is -2.25. The number of carbonyl (C=O) groups is 1. The van der Waals surface area contributed by atoms with Crippen LogP contribution in [0.15, 0.2) is 54.0 Å². The van der Waals surface area contributed by atoms with Crippen molar-refractivity contribution >= 4 is 28.9 Å². The van der Waals surface area contributed by atoms with Gasteiger partial charge in [0.2, 0.25) is 0 Å². The first-order chi connectivity index (χ1) is 20.0. The van der Waals surface area contributed by atoms with Crippen LogP contribution in [-0.4, -0.2) is 43.9 Å². The van der Waals surface area contributed by atoms with Crippen molar-refractivity contribution in [2.45, 2.75) is 85.7 Å². The number of benzene rings is 2. The number of aromatic nitrogens is 1. The van der Waals surface area contributed by atoms with Crippen LogP contribution in [0.5, 0.6) is 0 Å². The molecule has 0 saturated carbocycles. The number of nitrogens with zero attached hydrogens (tertiary/aromatic N) is 1. The largest absolute Gasteiger partial charge is 0.465 e. The number of esters is 1. The number of nitrogens with one attached hydrogen (secondary N) is 1. The van der Waals surface area contributed by atoms with Crippen molar-refractivity contribution in [2.24, 2.45) is 5.92 Å². The van der Waals surface area contributed by atoms with Gasteiger partial charge in [-0.3, -0.25) is 0 Å². The van der Waals surface area contributed by atoms with Crippen LogP contribution in [0, 0.1) is 5.92 Å². The van der Waals surface area contributed by atoms with Gasteiger partial charge in [0.05, 0.1) is 23.3 Å². The van der Waals surface area contributed by atoms with E-state index < -0.39 is 5.97 Å². The number of halogens is 1. The Bertz CT molecular complexity index is 1100. The molecule has 7 heteroatoms. The first-order valence-corrected chi connectivity index (χ1v) is 16.4. The van der Waals surface area contributed by atoms with Crippen molar-refractivity contribution in [1.29, 1.82) is 0 Å². The second kappa shape index (κ2) is 20.6. The number of unbranched alkanes of at least 4 members (excludes halogenated alkanes) is 1. The van der Waals surface area contributed by atoms with E-state index in [1.54, 1.807) is 29.7 Å². The third-order valence-corrected chi connectivity index (χ3v) is 8.41. The van der Waals surface area contributed by atoms with E-state index in [9.17, 15) is 4.79 Å². The number of thiazole rings is 1. The second-order valence-corrected chi connectivity index (χ2v) is 10.7. The Morgan fingerprint density at radius 1 is 1.00 bits per heavy atom. The normalized spacial score (nSPS) is 14.2. The topological polar surface area (TPSA) is 60.5 Å². The molecule has 4 rings (SSSR count). The molecule has 41 heavy (non-hydrogen) atoms. The molecule has 1 aliphatic rings. The zero-order chi connectivity index (χ0) is 30.7. The molecule has 1 fully saturated rings. The van der Waals surface area contributed by atoms with Crippen LogP contribution < -0.4 is 5.32 Å². The molecular weight excluding hydrogens is 552 g/mol. The predicted octanol–water partition coefficient (Wildman–Crippen LogP) is 9.94. The van der Waals surface area contributed by atoms with Gasteiger partial charge >= 0.3 is 5.97 Å². The Morgan fingerprint density at radius 2 is 1.61 bits per heavy atom. The number of hydrogen-bond donors (Lipinski definition) is 1. The molecule has 0 spiro atoms. The third-order valence-electron chi connectivity index (χ3n) is 7.27. The van der Waals surface area contributed by atoms with Gasteiger partial charge in [-0.1, -0.05) is 103 Å². The zero-order valence-corrected chi connectivity index (χ0v) is 28.0. The number of rotatable bonds is 9. The van der Waals surface area contributed by atoms with Crippen LogP contribution in [0.2, 0.25) is 5.02 Å². The van der Waals surface area contributed by atoms with Gasteiger partial charge in [0.1, 0.15) is 5.01 Å². The number of piperidine rings is 1. The number of methoxy groups -OCH3 is 2. The van der Waals surface area contributed by atoms with Crippen LogP contribution >= 0.6 is 22.9 Å². The lowest BCUT2D eigenvalue weighted by Crippen LogP contribution is -2.48. The smallest absolute Gasteiger partial charge is 0.339 e. The van der Waals surface area contributed by atoms with Crippen molar-refractivity contribution in [3.63, 3.8) is 0 Å². The molecule has 1 aliphatic heterocycles. The maximum absolute atomic E-state index is 11.5. The fourth-order valence-electron chi connectivity index (χ4n) is 5.06. The van der Waals surface area contributed by atoms with Crippen LogP contribution in [0.4, 0.5) is 0 Å². The average molecular weight is 603 g/mol. The summed E-state index contributed by atoms with van der Waals surface area (Å²) in [6, 6.07) is 13.4. The number of ether oxygens (including phenoxy) is 2. The molecule has 1 unspecified atom stereocenters. The SMILES string of the molecule is CC.CC.CCCCC(CC)C1(OC)CCNCC1.COC(=O)c1ccc(-c2ccc(-c3nccs3)cc2)cc1Cl. The lowest BCUT2D eigenvalue weighted by atomic mass is 9.76. The molecule has 0 radical (unpaired) electrons. The van der Waals surface area contributed by atoms with E-state index in [0.29, 0.717) is 10.6 Å². The highest BCUT2D eigenvalue weighted by Crippen LogP contribution is 2.36. The summed E-state index contributed by atoms with van der Waals surface area (Å²) in [5.74, 6) is 0.320. The zero-order valence-electron chi connectivity index (χ0n) is 26.4. The van der Waals surface area contributed by atoms with Crippen molar-refractivity contribution in [2.75, 3.05) is 27.3 Å². The molecule has 1 atom stereocenters. The fraction of sp³-hybridized carbons (Fsp3) is 0.529.